The van der Waals surface area contributed by atoms with Crippen molar-refractivity contribution < 1.29 is 4.79 Å². The van der Waals surface area contributed by atoms with Crippen LogP contribution in [0, 0.1) is 0 Å². The summed E-state index contributed by atoms with van der Waals surface area (Å²) in [4.78, 5) is 17.7. The van der Waals surface area contributed by atoms with E-state index in [1.165, 1.54) is 0 Å². The predicted octanol–water partition coefficient (Wildman–Crippen LogP) is 0.891. The number of rotatable bonds is 4. The molecule has 4 heteroatoms. The van der Waals surface area contributed by atoms with Crippen LogP contribution >= 0.6 is 0 Å². The molecule has 2 N–H and O–H groups in total. The Kier molecular flexibility index (Phi) is 4.24. The van der Waals surface area contributed by atoms with E-state index in [1.54, 1.807) is 29.3 Å². The largest absolute Gasteiger partial charge is 0.334 e. The van der Waals surface area contributed by atoms with E-state index in [-0.39, 0.29) is 11.9 Å². The van der Waals surface area contributed by atoms with Gasteiger partial charge in [-0.3, -0.25) is 9.78 Å². The number of nitrogens with two attached hydrogens (primary N) is 1. The Bertz CT molecular complexity index is 311. The highest BCUT2D eigenvalue weighted by atomic mass is 16.2. The Labute approximate surface area is 90.1 Å². The lowest BCUT2D eigenvalue weighted by atomic mass is 10.2. The summed E-state index contributed by atoms with van der Waals surface area (Å²) in [5.74, 6) is -0.0592. The molecule has 0 aliphatic carbocycles. The number of hydrogen-bond donors (Lipinski definition) is 1. The van der Waals surface area contributed by atoms with Gasteiger partial charge in [0.25, 0.3) is 5.91 Å². The van der Waals surface area contributed by atoms with Crippen LogP contribution < -0.4 is 5.73 Å². The molecule has 1 amide bonds. The molecular weight excluding hydrogens is 190 g/mol. The standard InChI is InChI=1S/C11H17N3O/c1-9(2)14(8-6-12)11(15)10-5-3-4-7-13-10/h3-5,7,9H,6,8,12H2,1-2H3. The van der Waals surface area contributed by atoms with Gasteiger partial charge in [-0.1, -0.05) is 6.07 Å². The summed E-state index contributed by atoms with van der Waals surface area (Å²) in [5.41, 5.74) is 5.94. The fourth-order valence-electron chi connectivity index (χ4n) is 1.37. The fraction of sp³-hybridized carbons (Fsp3) is 0.455. The summed E-state index contributed by atoms with van der Waals surface area (Å²) >= 11 is 0. The van der Waals surface area contributed by atoms with Crippen molar-refractivity contribution in [3.05, 3.63) is 30.1 Å². The molecule has 0 aromatic carbocycles. The van der Waals surface area contributed by atoms with Crippen LogP contribution in [0.5, 0.6) is 0 Å². The molecule has 0 radical (unpaired) electrons. The maximum absolute atomic E-state index is 12.0. The smallest absolute Gasteiger partial charge is 0.272 e. The van der Waals surface area contributed by atoms with Gasteiger partial charge in [-0.25, -0.2) is 0 Å². The molecule has 1 aromatic rings. The SMILES string of the molecule is CC(C)N(CCN)C(=O)c1ccccn1. The first-order valence-corrected chi connectivity index (χ1v) is 5.09. The van der Waals surface area contributed by atoms with Crippen molar-refractivity contribution in [1.29, 1.82) is 0 Å². The second-order valence-electron chi connectivity index (χ2n) is 3.60. The van der Waals surface area contributed by atoms with Crippen molar-refractivity contribution in [2.75, 3.05) is 13.1 Å². The van der Waals surface area contributed by atoms with Gasteiger partial charge in [0.05, 0.1) is 0 Å². The number of hydrogen-bond acceptors (Lipinski definition) is 3. The van der Waals surface area contributed by atoms with E-state index in [2.05, 4.69) is 4.98 Å². The average molecular weight is 207 g/mol. The van der Waals surface area contributed by atoms with Crippen LogP contribution in [0.25, 0.3) is 0 Å². The Morgan fingerprint density at radius 1 is 1.53 bits per heavy atom. The van der Waals surface area contributed by atoms with Crippen LogP contribution in [0.15, 0.2) is 24.4 Å². The number of amides is 1. The lowest BCUT2D eigenvalue weighted by Gasteiger charge is -2.25. The van der Waals surface area contributed by atoms with E-state index in [1.807, 2.05) is 13.8 Å². The van der Waals surface area contributed by atoms with Gasteiger partial charge in [-0.2, -0.15) is 0 Å². The summed E-state index contributed by atoms with van der Waals surface area (Å²) in [6.07, 6.45) is 1.62. The quantitative estimate of drug-likeness (QED) is 0.797. The van der Waals surface area contributed by atoms with E-state index in [0.29, 0.717) is 18.8 Å². The minimum atomic E-state index is -0.0592. The molecule has 82 valence electrons. The predicted molar refractivity (Wildman–Crippen MR) is 59.5 cm³/mol. The minimum Gasteiger partial charge on any atom is -0.334 e. The van der Waals surface area contributed by atoms with Gasteiger partial charge in [-0.15, -0.1) is 0 Å². The summed E-state index contributed by atoms with van der Waals surface area (Å²) in [5, 5.41) is 0. The van der Waals surface area contributed by atoms with Crippen LogP contribution in [0.3, 0.4) is 0 Å². The fourth-order valence-corrected chi connectivity index (χ4v) is 1.37. The van der Waals surface area contributed by atoms with E-state index in [0.717, 1.165) is 0 Å². The molecule has 0 atom stereocenters. The van der Waals surface area contributed by atoms with Crippen molar-refractivity contribution in [3.8, 4) is 0 Å². The highest BCUT2D eigenvalue weighted by molar-refractivity contribution is 5.92. The molecule has 0 spiro atoms. The highest BCUT2D eigenvalue weighted by Gasteiger charge is 2.18. The first kappa shape index (κ1) is 11.7. The molecule has 0 fully saturated rings. The third-order valence-corrected chi connectivity index (χ3v) is 2.14. The Morgan fingerprint density at radius 3 is 2.73 bits per heavy atom. The number of carbonyl (C=O) groups excluding carboxylic acids is 1. The maximum Gasteiger partial charge on any atom is 0.272 e. The van der Waals surface area contributed by atoms with Crippen LogP contribution in [0.2, 0.25) is 0 Å². The van der Waals surface area contributed by atoms with Crippen LogP contribution in [-0.4, -0.2) is 34.9 Å². The van der Waals surface area contributed by atoms with Gasteiger partial charge in [0.15, 0.2) is 0 Å². The van der Waals surface area contributed by atoms with Crippen molar-refractivity contribution >= 4 is 5.91 Å². The number of nitrogens with zero attached hydrogens (tertiary/aromatic N) is 2. The molecule has 0 unspecified atom stereocenters. The van der Waals surface area contributed by atoms with Crippen molar-refractivity contribution in [1.82, 2.24) is 9.88 Å². The minimum absolute atomic E-state index is 0.0592. The summed E-state index contributed by atoms with van der Waals surface area (Å²) < 4.78 is 0. The Balaban J connectivity index is 2.81. The number of pyridine rings is 1. The second-order valence-corrected chi connectivity index (χ2v) is 3.60. The van der Waals surface area contributed by atoms with Crippen LogP contribution in [0.1, 0.15) is 24.3 Å². The zero-order valence-electron chi connectivity index (χ0n) is 9.18. The molecule has 1 rings (SSSR count). The molecule has 0 saturated carbocycles. The van der Waals surface area contributed by atoms with E-state index in [9.17, 15) is 4.79 Å². The lowest BCUT2D eigenvalue weighted by Crippen LogP contribution is -2.40. The molecule has 15 heavy (non-hydrogen) atoms. The lowest BCUT2D eigenvalue weighted by molar-refractivity contribution is 0.0706. The third-order valence-electron chi connectivity index (χ3n) is 2.14. The first-order valence-electron chi connectivity index (χ1n) is 5.09. The number of aromatic nitrogens is 1. The normalized spacial score (nSPS) is 10.4. The van der Waals surface area contributed by atoms with Crippen molar-refractivity contribution in [2.24, 2.45) is 5.73 Å². The van der Waals surface area contributed by atoms with Gasteiger partial charge in [0.2, 0.25) is 0 Å². The molecule has 0 aliphatic heterocycles. The molecular formula is C11H17N3O. The van der Waals surface area contributed by atoms with E-state index >= 15 is 0 Å². The van der Waals surface area contributed by atoms with Gasteiger partial charge in [0.1, 0.15) is 5.69 Å². The molecule has 4 nitrogen and oxygen atoms in total. The van der Waals surface area contributed by atoms with Gasteiger partial charge < -0.3 is 10.6 Å². The highest BCUT2D eigenvalue weighted by Crippen LogP contribution is 2.05. The van der Waals surface area contributed by atoms with Gasteiger partial charge >= 0.3 is 0 Å². The van der Waals surface area contributed by atoms with Crippen LogP contribution in [-0.2, 0) is 0 Å². The molecule has 0 aliphatic rings. The summed E-state index contributed by atoms with van der Waals surface area (Å²) in [7, 11) is 0. The molecule has 1 aromatic heterocycles. The van der Waals surface area contributed by atoms with Crippen LogP contribution in [0.4, 0.5) is 0 Å². The zero-order chi connectivity index (χ0) is 11.3. The maximum atomic E-state index is 12.0. The third kappa shape index (κ3) is 3.02. The zero-order valence-corrected chi connectivity index (χ0v) is 9.18. The second kappa shape index (κ2) is 5.46. The Morgan fingerprint density at radius 2 is 2.27 bits per heavy atom. The van der Waals surface area contributed by atoms with Gasteiger partial charge in [-0.05, 0) is 26.0 Å². The summed E-state index contributed by atoms with van der Waals surface area (Å²) in [6, 6.07) is 5.46. The van der Waals surface area contributed by atoms with E-state index < -0.39 is 0 Å². The summed E-state index contributed by atoms with van der Waals surface area (Å²) in [6.45, 7) is 4.97. The first-order chi connectivity index (χ1) is 7.16. The molecule has 0 saturated heterocycles. The average Bonchev–Trinajstić information content (AvgIpc) is 2.26. The molecule has 1 heterocycles. The van der Waals surface area contributed by atoms with Gasteiger partial charge in [0, 0.05) is 25.3 Å². The molecule has 0 bridgehead atoms. The monoisotopic (exact) mass is 207 g/mol. The topological polar surface area (TPSA) is 59.2 Å². The van der Waals surface area contributed by atoms with Crippen molar-refractivity contribution in [2.45, 2.75) is 19.9 Å². The Hall–Kier alpha value is -1.42. The van der Waals surface area contributed by atoms with E-state index in [4.69, 9.17) is 5.73 Å². The van der Waals surface area contributed by atoms with Crippen molar-refractivity contribution in [3.63, 3.8) is 0 Å². The number of carbonyl (C=O) groups is 1.